The lowest BCUT2D eigenvalue weighted by atomic mass is 9.81. The predicted octanol–water partition coefficient (Wildman–Crippen LogP) is 3.14. The largest absolute Gasteiger partial charge is 0.492 e. The molecule has 1 unspecified atom stereocenters. The summed E-state index contributed by atoms with van der Waals surface area (Å²) in [5.74, 6) is 0.0574. The van der Waals surface area contributed by atoms with Gasteiger partial charge in [-0.1, -0.05) is 13.8 Å². The first-order valence-electron chi connectivity index (χ1n) is 5.39. The maximum Gasteiger partial charge on any atom is 0.405 e. The molecule has 0 spiro atoms. The first kappa shape index (κ1) is 13.1. The zero-order valence-electron chi connectivity index (χ0n) is 10.00. The van der Waals surface area contributed by atoms with Crippen LogP contribution >= 0.6 is 15.9 Å². The van der Waals surface area contributed by atoms with Crippen LogP contribution in [0.15, 0.2) is 16.6 Å². The first-order valence-corrected chi connectivity index (χ1v) is 6.18. The van der Waals surface area contributed by atoms with Gasteiger partial charge < -0.3 is 15.2 Å². The molecule has 1 aliphatic rings. The molecule has 2 rings (SSSR count). The molecule has 0 saturated carbocycles. The van der Waals surface area contributed by atoms with Crippen LogP contribution in [0.25, 0.3) is 0 Å². The normalized spacial score (nSPS) is 20.8. The summed E-state index contributed by atoms with van der Waals surface area (Å²) < 4.78 is 24.6. The number of benzene rings is 1. The standard InChI is InChI=1S/C12H13BrFNO3/c1-12(2)5-17-9-4-7(13)8(14)3-6(9)10(12)18-11(15)16/h3-4,10H,5H2,1-2H3,(H2,15,16). The summed E-state index contributed by atoms with van der Waals surface area (Å²) in [6.45, 7) is 4.09. The number of hydrogen-bond acceptors (Lipinski definition) is 3. The van der Waals surface area contributed by atoms with E-state index in [2.05, 4.69) is 15.9 Å². The molecule has 1 atom stereocenters. The fourth-order valence-corrected chi connectivity index (χ4v) is 2.30. The lowest BCUT2D eigenvalue weighted by Gasteiger charge is -2.38. The molecule has 0 radical (unpaired) electrons. The van der Waals surface area contributed by atoms with E-state index in [9.17, 15) is 9.18 Å². The molecule has 0 aromatic heterocycles. The van der Waals surface area contributed by atoms with Crippen LogP contribution < -0.4 is 10.5 Å². The molecule has 98 valence electrons. The number of carbonyl (C=O) groups is 1. The van der Waals surface area contributed by atoms with Gasteiger partial charge in [0.1, 0.15) is 17.7 Å². The molecule has 0 saturated heterocycles. The van der Waals surface area contributed by atoms with Gasteiger partial charge in [-0.05, 0) is 28.1 Å². The number of primary amides is 1. The topological polar surface area (TPSA) is 61.6 Å². The van der Waals surface area contributed by atoms with Crippen molar-refractivity contribution in [3.63, 3.8) is 0 Å². The minimum atomic E-state index is -0.885. The monoisotopic (exact) mass is 317 g/mol. The van der Waals surface area contributed by atoms with Gasteiger partial charge in [0.15, 0.2) is 0 Å². The van der Waals surface area contributed by atoms with Crippen molar-refractivity contribution in [2.75, 3.05) is 6.61 Å². The van der Waals surface area contributed by atoms with Crippen LogP contribution in [-0.4, -0.2) is 12.7 Å². The van der Waals surface area contributed by atoms with Gasteiger partial charge in [0.05, 0.1) is 11.1 Å². The molecule has 6 heteroatoms. The molecule has 1 aromatic rings. The highest BCUT2D eigenvalue weighted by Crippen LogP contribution is 2.46. The maximum absolute atomic E-state index is 13.6. The Morgan fingerprint density at radius 2 is 2.28 bits per heavy atom. The Hall–Kier alpha value is -1.30. The van der Waals surface area contributed by atoms with Crippen molar-refractivity contribution in [3.05, 3.63) is 28.0 Å². The van der Waals surface area contributed by atoms with Crippen LogP contribution in [0.5, 0.6) is 5.75 Å². The third-order valence-electron chi connectivity index (χ3n) is 2.88. The maximum atomic E-state index is 13.6. The number of amides is 1. The average molecular weight is 318 g/mol. The van der Waals surface area contributed by atoms with Crippen LogP contribution in [-0.2, 0) is 4.74 Å². The molecule has 2 N–H and O–H groups in total. The quantitative estimate of drug-likeness (QED) is 0.865. The number of halogens is 2. The average Bonchev–Trinajstić information content (AvgIpc) is 2.25. The first-order chi connectivity index (χ1) is 8.31. The highest BCUT2D eigenvalue weighted by molar-refractivity contribution is 9.10. The van der Waals surface area contributed by atoms with Gasteiger partial charge in [0.2, 0.25) is 0 Å². The van der Waals surface area contributed by atoms with E-state index in [4.69, 9.17) is 15.2 Å². The second-order valence-electron chi connectivity index (χ2n) is 4.90. The van der Waals surface area contributed by atoms with Gasteiger partial charge in [-0.2, -0.15) is 0 Å². The minimum Gasteiger partial charge on any atom is -0.492 e. The van der Waals surface area contributed by atoms with E-state index < -0.39 is 23.4 Å². The zero-order chi connectivity index (χ0) is 13.5. The molecular weight excluding hydrogens is 305 g/mol. The van der Waals surface area contributed by atoms with Crippen LogP contribution in [0.1, 0.15) is 25.5 Å². The molecule has 0 bridgehead atoms. The van der Waals surface area contributed by atoms with Crippen LogP contribution in [0.3, 0.4) is 0 Å². The van der Waals surface area contributed by atoms with E-state index >= 15 is 0 Å². The van der Waals surface area contributed by atoms with E-state index in [0.717, 1.165) is 0 Å². The Kier molecular flexibility index (Phi) is 3.23. The fourth-order valence-electron chi connectivity index (χ4n) is 1.97. The zero-order valence-corrected chi connectivity index (χ0v) is 11.6. The van der Waals surface area contributed by atoms with E-state index in [1.54, 1.807) is 0 Å². The van der Waals surface area contributed by atoms with E-state index in [-0.39, 0.29) is 0 Å². The summed E-state index contributed by atoms with van der Waals surface area (Å²) in [5, 5.41) is 0. The highest BCUT2D eigenvalue weighted by Gasteiger charge is 2.40. The van der Waals surface area contributed by atoms with E-state index in [1.807, 2.05) is 13.8 Å². The second kappa shape index (κ2) is 4.42. The Morgan fingerprint density at radius 1 is 1.61 bits per heavy atom. The van der Waals surface area contributed by atoms with Gasteiger partial charge in [-0.15, -0.1) is 0 Å². The third kappa shape index (κ3) is 2.29. The van der Waals surface area contributed by atoms with Crippen molar-refractivity contribution < 1.29 is 18.7 Å². The summed E-state index contributed by atoms with van der Waals surface area (Å²) in [7, 11) is 0. The van der Waals surface area contributed by atoms with E-state index in [1.165, 1.54) is 12.1 Å². The lowest BCUT2D eigenvalue weighted by Crippen LogP contribution is -2.37. The summed E-state index contributed by atoms with van der Waals surface area (Å²) in [5.41, 5.74) is 5.09. The molecule has 1 amide bonds. The fraction of sp³-hybridized carbons (Fsp3) is 0.417. The second-order valence-corrected chi connectivity index (χ2v) is 5.75. The number of rotatable bonds is 1. The van der Waals surface area contributed by atoms with Gasteiger partial charge in [-0.25, -0.2) is 9.18 Å². The Bertz CT molecular complexity index is 504. The molecule has 1 aliphatic heterocycles. The number of hydrogen-bond donors (Lipinski definition) is 1. The summed E-state index contributed by atoms with van der Waals surface area (Å²) in [6.07, 6.45) is -1.51. The van der Waals surface area contributed by atoms with Crippen molar-refractivity contribution >= 4 is 22.0 Å². The number of fused-ring (bicyclic) bond motifs is 1. The smallest absolute Gasteiger partial charge is 0.405 e. The summed E-state index contributed by atoms with van der Waals surface area (Å²) in [6, 6.07) is 2.82. The highest BCUT2D eigenvalue weighted by atomic mass is 79.9. The van der Waals surface area contributed by atoms with Crippen molar-refractivity contribution in [2.24, 2.45) is 11.1 Å². The predicted molar refractivity (Wildman–Crippen MR) is 66.8 cm³/mol. The van der Waals surface area contributed by atoms with Gasteiger partial charge in [0, 0.05) is 11.0 Å². The van der Waals surface area contributed by atoms with E-state index in [0.29, 0.717) is 22.4 Å². The molecule has 1 aromatic carbocycles. The summed E-state index contributed by atoms with van der Waals surface area (Å²) in [4.78, 5) is 11.0. The molecular formula is C12H13BrFNO3. The lowest BCUT2D eigenvalue weighted by molar-refractivity contribution is -0.0179. The number of nitrogens with two attached hydrogens (primary N) is 1. The van der Waals surface area contributed by atoms with Crippen LogP contribution in [0.2, 0.25) is 0 Å². The summed E-state index contributed by atoms with van der Waals surface area (Å²) >= 11 is 3.09. The molecule has 4 nitrogen and oxygen atoms in total. The van der Waals surface area contributed by atoms with Crippen molar-refractivity contribution in [3.8, 4) is 5.75 Å². The molecule has 0 aliphatic carbocycles. The molecule has 0 fully saturated rings. The van der Waals surface area contributed by atoms with Crippen molar-refractivity contribution in [1.29, 1.82) is 0 Å². The van der Waals surface area contributed by atoms with Crippen molar-refractivity contribution in [2.45, 2.75) is 20.0 Å². The number of carbonyl (C=O) groups excluding carboxylic acids is 1. The van der Waals surface area contributed by atoms with Crippen LogP contribution in [0, 0.1) is 11.2 Å². The van der Waals surface area contributed by atoms with Gasteiger partial charge >= 0.3 is 6.09 Å². The molecule has 18 heavy (non-hydrogen) atoms. The minimum absolute atomic E-state index is 0.304. The molecule has 1 heterocycles. The third-order valence-corrected chi connectivity index (χ3v) is 3.49. The Morgan fingerprint density at radius 3 is 2.89 bits per heavy atom. The van der Waals surface area contributed by atoms with Crippen LogP contribution in [0.4, 0.5) is 9.18 Å². The van der Waals surface area contributed by atoms with Gasteiger partial charge in [0.25, 0.3) is 0 Å². The number of ether oxygens (including phenoxy) is 2. The van der Waals surface area contributed by atoms with Gasteiger partial charge in [-0.3, -0.25) is 0 Å². The Labute approximate surface area is 112 Å². The SMILES string of the molecule is CC1(C)COc2cc(Br)c(F)cc2C1OC(N)=O. The van der Waals surface area contributed by atoms with Crippen molar-refractivity contribution in [1.82, 2.24) is 0 Å². The Balaban J connectivity index is 2.50.